The molecule has 1 aromatic carbocycles. The maximum Gasteiger partial charge on any atom is 0.260 e. The topological polar surface area (TPSA) is 46.6 Å². The Balaban J connectivity index is 1.95. The third kappa shape index (κ3) is 3.59. The number of Topliss-reactive ketones (excluding diaryl/α,β-unsaturated/α-hetero) is 1. The number of rotatable bonds is 6. The van der Waals surface area contributed by atoms with Crippen LogP contribution in [0.2, 0.25) is 0 Å². The minimum Gasteiger partial charge on any atom is -0.484 e. The lowest BCUT2D eigenvalue weighted by atomic mass is 10.1. The first-order valence-corrected chi connectivity index (χ1v) is 7.04. The van der Waals surface area contributed by atoms with Crippen LogP contribution in [-0.2, 0) is 4.79 Å². The molecule has 0 unspecified atom stereocenters. The van der Waals surface area contributed by atoms with Crippen LogP contribution >= 0.6 is 0 Å². The first kappa shape index (κ1) is 14.6. The second kappa shape index (κ2) is 6.07. The Labute approximate surface area is 119 Å². The highest BCUT2D eigenvalue weighted by Crippen LogP contribution is 2.28. The number of ether oxygens (including phenoxy) is 1. The summed E-state index contributed by atoms with van der Waals surface area (Å²) in [7, 11) is 0. The second-order valence-corrected chi connectivity index (χ2v) is 5.50. The standard InChI is InChI=1S/C16H21NO3/c1-11(2)17(14-7-8-14)16(19)10-20-15-6-4-5-13(9-15)12(3)18/h4-6,9,11,14H,7-8,10H2,1-3H3. The molecule has 108 valence electrons. The van der Waals surface area contributed by atoms with Gasteiger partial charge in [-0.3, -0.25) is 9.59 Å². The minimum atomic E-state index is -0.0106. The van der Waals surface area contributed by atoms with Crippen LogP contribution < -0.4 is 4.74 Å². The Hall–Kier alpha value is -1.84. The Bertz CT molecular complexity index is 504. The molecule has 1 aliphatic rings. The predicted octanol–water partition coefficient (Wildman–Crippen LogP) is 2.67. The van der Waals surface area contributed by atoms with Crippen molar-refractivity contribution in [2.45, 2.75) is 45.7 Å². The Morgan fingerprint density at radius 3 is 2.60 bits per heavy atom. The van der Waals surface area contributed by atoms with Gasteiger partial charge in [0.1, 0.15) is 5.75 Å². The zero-order valence-corrected chi connectivity index (χ0v) is 12.3. The molecule has 0 heterocycles. The van der Waals surface area contributed by atoms with Crippen molar-refractivity contribution < 1.29 is 14.3 Å². The summed E-state index contributed by atoms with van der Waals surface area (Å²) >= 11 is 0. The van der Waals surface area contributed by atoms with Crippen molar-refractivity contribution in [1.29, 1.82) is 0 Å². The Morgan fingerprint density at radius 1 is 1.35 bits per heavy atom. The van der Waals surface area contributed by atoms with Gasteiger partial charge < -0.3 is 9.64 Å². The molecular formula is C16H21NO3. The number of carbonyl (C=O) groups excluding carboxylic acids is 2. The number of ketones is 1. The highest BCUT2D eigenvalue weighted by Gasteiger charge is 2.34. The molecule has 4 heteroatoms. The molecule has 0 aromatic heterocycles. The maximum atomic E-state index is 12.2. The van der Waals surface area contributed by atoms with Crippen LogP contribution in [0, 0.1) is 0 Å². The molecule has 0 radical (unpaired) electrons. The van der Waals surface area contributed by atoms with E-state index in [-0.39, 0.29) is 24.3 Å². The van der Waals surface area contributed by atoms with Gasteiger partial charge in [0.05, 0.1) is 0 Å². The van der Waals surface area contributed by atoms with E-state index in [1.54, 1.807) is 24.3 Å². The molecule has 0 atom stereocenters. The fourth-order valence-corrected chi connectivity index (χ4v) is 2.29. The van der Waals surface area contributed by atoms with Gasteiger partial charge in [-0.1, -0.05) is 12.1 Å². The molecule has 0 aliphatic heterocycles. The zero-order chi connectivity index (χ0) is 14.7. The van der Waals surface area contributed by atoms with E-state index in [2.05, 4.69) is 0 Å². The average molecular weight is 275 g/mol. The number of carbonyl (C=O) groups is 2. The average Bonchev–Trinajstić information content (AvgIpc) is 3.21. The van der Waals surface area contributed by atoms with Crippen molar-refractivity contribution in [2.75, 3.05) is 6.61 Å². The van der Waals surface area contributed by atoms with Gasteiger partial charge >= 0.3 is 0 Å². The van der Waals surface area contributed by atoms with Crippen LogP contribution in [0.15, 0.2) is 24.3 Å². The molecule has 1 amide bonds. The smallest absolute Gasteiger partial charge is 0.260 e. The lowest BCUT2D eigenvalue weighted by Crippen LogP contribution is -2.41. The first-order valence-electron chi connectivity index (χ1n) is 7.04. The van der Waals surface area contributed by atoms with E-state index in [1.807, 2.05) is 18.7 Å². The molecule has 20 heavy (non-hydrogen) atoms. The molecule has 1 aliphatic carbocycles. The van der Waals surface area contributed by atoms with Crippen molar-refractivity contribution in [1.82, 2.24) is 4.90 Å². The molecule has 0 saturated heterocycles. The molecule has 1 fully saturated rings. The zero-order valence-electron chi connectivity index (χ0n) is 12.3. The molecule has 1 saturated carbocycles. The van der Waals surface area contributed by atoms with Crippen LogP contribution in [0.4, 0.5) is 0 Å². The van der Waals surface area contributed by atoms with E-state index in [1.165, 1.54) is 6.92 Å². The first-order chi connectivity index (χ1) is 9.49. The lowest BCUT2D eigenvalue weighted by Gasteiger charge is -2.26. The summed E-state index contributed by atoms with van der Waals surface area (Å²) in [4.78, 5) is 25.4. The van der Waals surface area contributed by atoms with Crippen molar-refractivity contribution in [3.05, 3.63) is 29.8 Å². The summed E-state index contributed by atoms with van der Waals surface area (Å²) in [6.45, 7) is 5.58. The summed E-state index contributed by atoms with van der Waals surface area (Å²) in [6, 6.07) is 7.51. The summed E-state index contributed by atoms with van der Waals surface area (Å²) in [5.41, 5.74) is 0.595. The largest absolute Gasteiger partial charge is 0.484 e. The van der Waals surface area contributed by atoms with Gasteiger partial charge in [-0.2, -0.15) is 0 Å². The summed E-state index contributed by atoms with van der Waals surface area (Å²) < 4.78 is 5.52. The SMILES string of the molecule is CC(=O)c1cccc(OCC(=O)N(C(C)C)C2CC2)c1. The molecule has 2 rings (SSSR count). The van der Waals surface area contributed by atoms with Crippen molar-refractivity contribution >= 4 is 11.7 Å². The van der Waals surface area contributed by atoms with E-state index < -0.39 is 0 Å². The van der Waals surface area contributed by atoms with Gasteiger partial charge in [0, 0.05) is 17.6 Å². The van der Waals surface area contributed by atoms with Crippen LogP contribution in [0.5, 0.6) is 5.75 Å². The van der Waals surface area contributed by atoms with E-state index >= 15 is 0 Å². The predicted molar refractivity (Wildman–Crippen MR) is 76.9 cm³/mol. The van der Waals surface area contributed by atoms with E-state index in [4.69, 9.17) is 4.74 Å². The highest BCUT2D eigenvalue weighted by molar-refractivity contribution is 5.94. The van der Waals surface area contributed by atoms with E-state index in [0.717, 1.165) is 12.8 Å². The summed E-state index contributed by atoms with van der Waals surface area (Å²) in [6.07, 6.45) is 2.17. The number of hydrogen-bond acceptors (Lipinski definition) is 3. The molecule has 4 nitrogen and oxygen atoms in total. The van der Waals surface area contributed by atoms with Gasteiger partial charge in [0.15, 0.2) is 12.4 Å². The highest BCUT2D eigenvalue weighted by atomic mass is 16.5. The quantitative estimate of drug-likeness (QED) is 0.750. The number of amides is 1. The third-order valence-corrected chi connectivity index (χ3v) is 3.39. The van der Waals surface area contributed by atoms with Gasteiger partial charge in [0.2, 0.25) is 0 Å². The molecular weight excluding hydrogens is 254 g/mol. The maximum absolute atomic E-state index is 12.2. The summed E-state index contributed by atoms with van der Waals surface area (Å²) in [5, 5.41) is 0. The summed E-state index contributed by atoms with van der Waals surface area (Å²) in [5.74, 6) is 0.560. The van der Waals surface area contributed by atoms with Crippen molar-refractivity contribution in [2.24, 2.45) is 0 Å². The van der Waals surface area contributed by atoms with Crippen LogP contribution in [0.3, 0.4) is 0 Å². The fourth-order valence-electron chi connectivity index (χ4n) is 2.29. The van der Waals surface area contributed by atoms with Gasteiger partial charge in [0.25, 0.3) is 5.91 Å². The lowest BCUT2D eigenvalue weighted by molar-refractivity contribution is -0.135. The van der Waals surface area contributed by atoms with Crippen molar-refractivity contribution in [3.63, 3.8) is 0 Å². The fraction of sp³-hybridized carbons (Fsp3) is 0.500. The third-order valence-electron chi connectivity index (χ3n) is 3.39. The molecule has 1 aromatic rings. The normalized spacial score (nSPS) is 14.2. The van der Waals surface area contributed by atoms with Gasteiger partial charge in [-0.25, -0.2) is 0 Å². The number of nitrogens with zero attached hydrogens (tertiary/aromatic N) is 1. The van der Waals surface area contributed by atoms with Crippen LogP contribution in [0.1, 0.15) is 44.0 Å². The van der Waals surface area contributed by atoms with Crippen molar-refractivity contribution in [3.8, 4) is 5.75 Å². The van der Waals surface area contributed by atoms with E-state index in [0.29, 0.717) is 17.4 Å². The van der Waals surface area contributed by atoms with Crippen LogP contribution in [-0.4, -0.2) is 35.3 Å². The second-order valence-electron chi connectivity index (χ2n) is 5.50. The van der Waals surface area contributed by atoms with E-state index in [9.17, 15) is 9.59 Å². The van der Waals surface area contributed by atoms with Crippen LogP contribution in [0.25, 0.3) is 0 Å². The number of benzene rings is 1. The Morgan fingerprint density at radius 2 is 2.05 bits per heavy atom. The van der Waals surface area contributed by atoms with Gasteiger partial charge in [-0.15, -0.1) is 0 Å². The van der Waals surface area contributed by atoms with Gasteiger partial charge in [-0.05, 0) is 45.7 Å². The molecule has 0 spiro atoms. The molecule has 0 N–H and O–H groups in total. The number of hydrogen-bond donors (Lipinski definition) is 0. The molecule has 0 bridgehead atoms. The Kier molecular flexibility index (Phi) is 4.42. The monoisotopic (exact) mass is 275 g/mol. The minimum absolute atomic E-state index is 0.00993.